The average Bonchev–Trinajstić information content (AvgIpc) is 2.36. The molecule has 0 atom stereocenters. The molecule has 0 aliphatic carbocycles. The summed E-state index contributed by atoms with van der Waals surface area (Å²) >= 11 is 3.99. The van der Waals surface area contributed by atoms with Crippen LogP contribution in [0.3, 0.4) is 0 Å². The molecule has 3 heteroatoms. The Balaban J connectivity index is 2.43. The summed E-state index contributed by atoms with van der Waals surface area (Å²) in [5, 5.41) is 2.32. The summed E-state index contributed by atoms with van der Waals surface area (Å²) in [7, 11) is 1.77. The number of carbonyl (C=O) groups excluding carboxylic acids is 1. The first-order valence-electron chi connectivity index (χ1n) is 5.08. The Hall–Kier alpha value is -1.48. The van der Waals surface area contributed by atoms with Gasteiger partial charge in [0.05, 0.1) is 5.75 Å². The second-order valence-electron chi connectivity index (χ2n) is 3.64. The summed E-state index contributed by atoms with van der Waals surface area (Å²) in [6.45, 7) is 0. The first kappa shape index (κ1) is 11.0. The minimum atomic E-state index is -0.00128. The van der Waals surface area contributed by atoms with Gasteiger partial charge in [0.25, 0.3) is 0 Å². The van der Waals surface area contributed by atoms with Crippen LogP contribution in [0.4, 0.5) is 5.69 Å². The molecule has 16 heavy (non-hydrogen) atoms. The van der Waals surface area contributed by atoms with Gasteiger partial charge in [-0.3, -0.25) is 4.79 Å². The van der Waals surface area contributed by atoms with Crippen molar-refractivity contribution in [3.8, 4) is 0 Å². The number of carbonyl (C=O) groups is 1. The number of nitrogens with zero attached hydrogens (tertiary/aromatic N) is 1. The van der Waals surface area contributed by atoms with Crippen LogP contribution in [0.5, 0.6) is 0 Å². The summed E-state index contributed by atoms with van der Waals surface area (Å²) in [5.41, 5.74) is 0.901. The highest BCUT2D eigenvalue weighted by Crippen LogP contribution is 2.21. The standard InChI is InChI=1S/C13H13NOS/c1-14(13(15)9-16)12-7-6-10-4-2-3-5-11(10)8-12/h2-8,16H,9H2,1H3. The number of benzene rings is 2. The lowest BCUT2D eigenvalue weighted by Crippen LogP contribution is -2.27. The summed E-state index contributed by atoms with van der Waals surface area (Å²) < 4.78 is 0. The van der Waals surface area contributed by atoms with Gasteiger partial charge in [0.15, 0.2) is 0 Å². The van der Waals surface area contributed by atoms with Gasteiger partial charge in [-0.25, -0.2) is 0 Å². The van der Waals surface area contributed by atoms with E-state index < -0.39 is 0 Å². The number of amides is 1. The number of hydrogen-bond acceptors (Lipinski definition) is 2. The van der Waals surface area contributed by atoms with Gasteiger partial charge in [0.1, 0.15) is 0 Å². The Kier molecular flexibility index (Phi) is 3.15. The van der Waals surface area contributed by atoms with Gasteiger partial charge in [-0.1, -0.05) is 30.3 Å². The number of thiol groups is 1. The normalized spacial score (nSPS) is 10.4. The first-order valence-corrected chi connectivity index (χ1v) is 5.72. The van der Waals surface area contributed by atoms with E-state index in [0.29, 0.717) is 0 Å². The van der Waals surface area contributed by atoms with E-state index in [1.165, 1.54) is 5.39 Å². The monoisotopic (exact) mass is 231 g/mol. The quantitative estimate of drug-likeness (QED) is 0.788. The van der Waals surface area contributed by atoms with E-state index in [2.05, 4.69) is 18.7 Å². The SMILES string of the molecule is CN(C(=O)CS)c1ccc2ccccc2c1. The number of fused-ring (bicyclic) bond motifs is 1. The third kappa shape index (κ3) is 2.04. The molecule has 1 amide bonds. The van der Waals surface area contributed by atoms with E-state index in [9.17, 15) is 4.79 Å². The molecule has 2 aromatic carbocycles. The van der Waals surface area contributed by atoms with Gasteiger partial charge in [-0.05, 0) is 22.9 Å². The Bertz CT molecular complexity index is 524. The van der Waals surface area contributed by atoms with Crippen molar-refractivity contribution in [2.45, 2.75) is 0 Å². The highest BCUT2D eigenvalue weighted by molar-refractivity contribution is 7.81. The molecule has 2 aromatic rings. The molecule has 0 saturated heterocycles. The molecule has 0 aliphatic heterocycles. The van der Waals surface area contributed by atoms with Crippen molar-refractivity contribution in [1.29, 1.82) is 0 Å². The van der Waals surface area contributed by atoms with Crippen LogP contribution >= 0.6 is 12.6 Å². The molecule has 0 fully saturated rings. The van der Waals surface area contributed by atoms with E-state index in [-0.39, 0.29) is 11.7 Å². The minimum Gasteiger partial charge on any atom is -0.315 e. The maximum atomic E-state index is 11.5. The van der Waals surface area contributed by atoms with Crippen LogP contribution in [0, 0.1) is 0 Å². The molecule has 0 heterocycles. The molecule has 82 valence electrons. The van der Waals surface area contributed by atoms with Gasteiger partial charge in [0, 0.05) is 12.7 Å². The topological polar surface area (TPSA) is 20.3 Å². The molecule has 2 rings (SSSR count). The van der Waals surface area contributed by atoms with Crippen LogP contribution < -0.4 is 4.90 Å². The van der Waals surface area contributed by atoms with Crippen LogP contribution in [-0.2, 0) is 4.79 Å². The second-order valence-corrected chi connectivity index (χ2v) is 3.96. The molecule has 0 aliphatic rings. The Morgan fingerprint density at radius 1 is 1.19 bits per heavy atom. The van der Waals surface area contributed by atoms with Gasteiger partial charge < -0.3 is 4.90 Å². The van der Waals surface area contributed by atoms with Crippen molar-refractivity contribution in [1.82, 2.24) is 0 Å². The molecule has 0 unspecified atom stereocenters. The third-order valence-corrected chi connectivity index (χ3v) is 2.90. The Morgan fingerprint density at radius 3 is 2.56 bits per heavy atom. The number of hydrogen-bond donors (Lipinski definition) is 1. The molecule has 0 aromatic heterocycles. The van der Waals surface area contributed by atoms with Crippen LogP contribution in [-0.4, -0.2) is 18.7 Å². The summed E-state index contributed by atoms with van der Waals surface area (Å²) in [6.07, 6.45) is 0. The maximum Gasteiger partial charge on any atom is 0.236 e. The van der Waals surface area contributed by atoms with Crippen molar-refractivity contribution in [3.05, 3.63) is 42.5 Å². The van der Waals surface area contributed by atoms with Gasteiger partial charge in [-0.15, -0.1) is 0 Å². The molecule has 0 N–H and O–H groups in total. The van der Waals surface area contributed by atoms with E-state index in [1.807, 2.05) is 36.4 Å². The zero-order valence-corrected chi connectivity index (χ0v) is 9.95. The Morgan fingerprint density at radius 2 is 1.88 bits per heavy atom. The Labute approximate surface area is 100 Å². The number of anilines is 1. The summed E-state index contributed by atoms with van der Waals surface area (Å²) in [4.78, 5) is 13.1. The van der Waals surface area contributed by atoms with Crippen LogP contribution in [0.1, 0.15) is 0 Å². The lowest BCUT2D eigenvalue weighted by atomic mass is 10.1. The fourth-order valence-electron chi connectivity index (χ4n) is 1.64. The van der Waals surface area contributed by atoms with Gasteiger partial charge >= 0.3 is 0 Å². The summed E-state index contributed by atoms with van der Waals surface area (Å²) in [6, 6.07) is 14.1. The van der Waals surface area contributed by atoms with E-state index in [0.717, 1.165) is 11.1 Å². The van der Waals surface area contributed by atoms with Crippen LogP contribution in [0.15, 0.2) is 42.5 Å². The van der Waals surface area contributed by atoms with Crippen molar-refractivity contribution in [3.63, 3.8) is 0 Å². The average molecular weight is 231 g/mol. The van der Waals surface area contributed by atoms with Crippen LogP contribution in [0.25, 0.3) is 10.8 Å². The number of rotatable bonds is 2. The second kappa shape index (κ2) is 4.58. The lowest BCUT2D eigenvalue weighted by Gasteiger charge is -2.16. The molecule has 0 spiro atoms. The summed E-state index contributed by atoms with van der Waals surface area (Å²) in [5.74, 6) is 0.224. The fraction of sp³-hybridized carbons (Fsp3) is 0.154. The largest absolute Gasteiger partial charge is 0.315 e. The molecule has 0 bridgehead atoms. The van der Waals surface area contributed by atoms with Crippen molar-refractivity contribution < 1.29 is 4.79 Å². The van der Waals surface area contributed by atoms with E-state index in [1.54, 1.807) is 11.9 Å². The first-order chi connectivity index (χ1) is 7.72. The van der Waals surface area contributed by atoms with Crippen molar-refractivity contribution in [2.24, 2.45) is 0 Å². The van der Waals surface area contributed by atoms with Gasteiger partial charge in [0.2, 0.25) is 5.91 Å². The molecular formula is C13H13NOS. The smallest absolute Gasteiger partial charge is 0.236 e. The predicted octanol–water partition coefficient (Wildman–Crippen LogP) is 2.73. The molecule has 0 radical (unpaired) electrons. The molecular weight excluding hydrogens is 218 g/mol. The highest BCUT2D eigenvalue weighted by atomic mass is 32.1. The fourth-order valence-corrected chi connectivity index (χ4v) is 1.85. The zero-order chi connectivity index (χ0) is 11.5. The molecule has 0 saturated carbocycles. The van der Waals surface area contributed by atoms with E-state index in [4.69, 9.17) is 0 Å². The third-order valence-electron chi connectivity index (χ3n) is 2.63. The minimum absolute atomic E-state index is 0.00128. The van der Waals surface area contributed by atoms with E-state index >= 15 is 0 Å². The highest BCUT2D eigenvalue weighted by Gasteiger charge is 2.08. The van der Waals surface area contributed by atoms with Crippen molar-refractivity contribution >= 4 is 35.0 Å². The molecule has 2 nitrogen and oxygen atoms in total. The van der Waals surface area contributed by atoms with Crippen molar-refractivity contribution in [2.75, 3.05) is 17.7 Å². The predicted molar refractivity (Wildman–Crippen MR) is 71.2 cm³/mol. The van der Waals surface area contributed by atoms with Crippen LogP contribution in [0.2, 0.25) is 0 Å². The lowest BCUT2D eigenvalue weighted by molar-refractivity contribution is -0.115. The van der Waals surface area contributed by atoms with Gasteiger partial charge in [-0.2, -0.15) is 12.6 Å². The zero-order valence-electron chi connectivity index (χ0n) is 9.05. The maximum absolute atomic E-state index is 11.5.